The molecule has 5 aliphatic carbocycles. The van der Waals surface area contributed by atoms with Gasteiger partial charge in [0.2, 0.25) is 0 Å². The Labute approximate surface area is 293 Å². The molecule has 48 heavy (non-hydrogen) atoms. The van der Waals surface area contributed by atoms with Gasteiger partial charge in [-0.15, -0.1) is 0 Å². The standard InChI is InChI=1S/C43H70N2O3/c1-10-31(38(46)47)12-11-30(4)33-16-18-40(7)35(39(33,5)6)17-19-42(9)36(40)14-13-34-37-32(29(2)3)15-20-43(37,22-21-41(34,42)8)44-23-24-45-25-27-48-28-26-45/h10-12,29,32-37,44H,4,13-28H2,1-3,5-9H3,(H,46,47)/b12-11-,31-10+/t32-,33+,34+,35?,36?,37?,40-,41+,42+,43-/m0/s1. The van der Waals surface area contributed by atoms with E-state index in [-0.39, 0.29) is 5.41 Å². The van der Waals surface area contributed by atoms with Gasteiger partial charge in [0.15, 0.2) is 0 Å². The summed E-state index contributed by atoms with van der Waals surface area (Å²) >= 11 is 0. The van der Waals surface area contributed by atoms with Gasteiger partial charge in [-0.05, 0) is 140 Å². The highest BCUT2D eigenvalue weighted by Gasteiger charge is 2.70. The van der Waals surface area contributed by atoms with Crippen molar-refractivity contribution in [2.24, 2.45) is 63.1 Å². The molecule has 0 aromatic rings. The zero-order valence-electron chi connectivity index (χ0n) is 32.0. The van der Waals surface area contributed by atoms with E-state index < -0.39 is 5.97 Å². The van der Waals surface area contributed by atoms with Crippen LogP contribution in [0.25, 0.3) is 0 Å². The summed E-state index contributed by atoms with van der Waals surface area (Å²) in [6, 6.07) is 0. The number of hydrogen-bond acceptors (Lipinski definition) is 4. The van der Waals surface area contributed by atoms with Gasteiger partial charge in [0.05, 0.1) is 18.8 Å². The third-order valence-corrected chi connectivity index (χ3v) is 16.9. The molecule has 0 aromatic heterocycles. The summed E-state index contributed by atoms with van der Waals surface area (Å²) in [5.41, 5.74) is 2.99. The zero-order chi connectivity index (χ0) is 34.7. The lowest BCUT2D eigenvalue weighted by Crippen LogP contribution is -2.68. The van der Waals surface area contributed by atoms with Crippen LogP contribution in [0.15, 0.2) is 36.0 Å². The minimum atomic E-state index is -0.867. The van der Waals surface area contributed by atoms with E-state index in [2.05, 4.69) is 65.3 Å². The van der Waals surface area contributed by atoms with Crippen LogP contribution in [-0.2, 0) is 9.53 Å². The number of nitrogens with one attached hydrogen (secondary N) is 1. The largest absolute Gasteiger partial charge is 0.478 e. The number of hydrogen-bond donors (Lipinski definition) is 2. The Morgan fingerprint density at radius 1 is 0.917 bits per heavy atom. The zero-order valence-corrected chi connectivity index (χ0v) is 32.0. The molecule has 0 amide bonds. The van der Waals surface area contributed by atoms with Gasteiger partial charge < -0.3 is 15.2 Å². The van der Waals surface area contributed by atoms with Crippen molar-refractivity contribution in [2.45, 2.75) is 125 Å². The minimum absolute atomic E-state index is 0.132. The average molecular weight is 663 g/mol. The summed E-state index contributed by atoms with van der Waals surface area (Å²) < 4.78 is 5.63. The van der Waals surface area contributed by atoms with Gasteiger partial charge in [-0.25, -0.2) is 4.79 Å². The van der Waals surface area contributed by atoms with Crippen molar-refractivity contribution in [1.82, 2.24) is 10.2 Å². The van der Waals surface area contributed by atoms with E-state index in [4.69, 9.17) is 4.74 Å². The van der Waals surface area contributed by atoms with Gasteiger partial charge in [0.1, 0.15) is 0 Å². The molecule has 0 spiro atoms. The molecule has 1 saturated heterocycles. The number of carbonyl (C=O) groups is 1. The van der Waals surface area contributed by atoms with E-state index in [1.807, 2.05) is 6.08 Å². The molecule has 5 nitrogen and oxygen atoms in total. The van der Waals surface area contributed by atoms with E-state index in [0.29, 0.717) is 39.2 Å². The maximum atomic E-state index is 11.6. The van der Waals surface area contributed by atoms with Crippen LogP contribution in [0.3, 0.4) is 0 Å². The first kappa shape index (κ1) is 36.4. The number of rotatable bonds is 9. The van der Waals surface area contributed by atoms with Gasteiger partial charge in [-0.1, -0.05) is 72.8 Å². The lowest BCUT2D eigenvalue weighted by molar-refractivity contribution is -0.237. The molecule has 6 fully saturated rings. The number of aliphatic carboxylic acids is 1. The number of fused-ring (bicyclic) bond motifs is 7. The monoisotopic (exact) mass is 663 g/mol. The Hall–Kier alpha value is -1.43. The first-order valence-corrected chi connectivity index (χ1v) is 20.0. The highest BCUT2D eigenvalue weighted by atomic mass is 16.5. The van der Waals surface area contributed by atoms with E-state index in [9.17, 15) is 9.90 Å². The van der Waals surface area contributed by atoms with E-state index in [1.165, 1.54) is 57.8 Å². The second-order valence-electron chi connectivity index (χ2n) is 19.0. The predicted molar refractivity (Wildman–Crippen MR) is 198 cm³/mol. The summed E-state index contributed by atoms with van der Waals surface area (Å²) in [4.78, 5) is 14.2. The van der Waals surface area contributed by atoms with Crippen molar-refractivity contribution >= 4 is 5.97 Å². The summed E-state index contributed by atoms with van der Waals surface area (Å²) in [5, 5.41) is 13.9. The number of nitrogens with zero attached hydrogens (tertiary/aromatic N) is 1. The van der Waals surface area contributed by atoms with Gasteiger partial charge >= 0.3 is 5.97 Å². The van der Waals surface area contributed by atoms with Crippen molar-refractivity contribution in [2.75, 3.05) is 39.4 Å². The highest BCUT2D eigenvalue weighted by molar-refractivity contribution is 5.89. The molecular formula is C43H70N2O3. The van der Waals surface area contributed by atoms with Gasteiger partial charge in [-0.3, -0.25) is 4.90 Å². The summed E-state index contributed by atoms with van der Waals surface area (Å²) in [5.74, 6) is 4.12. The molecule has 1 aliphatic heterocycles. The van der Waals surface area contributed by atoms with Gasteiger partial charge in [-0.2, -0.15) is 0 Å². The van der Waals surface area contributed by atoms with Crippen molar-refractivity contribution in [1.29, 1.82) is 0 Å². The van der Waals surface area contributed by atoms with Crippen molar-refractivity contribution in [3.05, 3.63) is 36.0 Å². The third kappa shape index (κ3) is 5.72. The fourth-order valence-electron chi connectivity index (χ4n) is 14.3. The second kappa shape index (κ2) is 13.3. The number of allylic oxidation sites excluding steroid dienone is 3. The lowest BCUT2D eigenvalue weighted by Gasteiger charge is -2.73. The molecule has 5 saturated carbocycles. The molecule has 5 heteroatoms. The maximum absolute atomic E-state index is 11.6. The van der Waals surface area contributed by atoms with Crippen molar-refractivity contribution in [3.63, 3.8) is 0 Å². The van der Waals surface area contributed by atoms with Crippen LogP contribution >= 0.6 is 0 Å². The summed E-state index contributed by atoms with van der Waals surface area (Å²) in [6.07, 6.45) is 18.8. The molecule has 6 aliphatic rings. The number of carboxylic acids is 1. The van der Waals surface area contributed by atoms with E-state index in [0.717, 1.165) is 81.0 Å². The number of ether oxygens (including phenoxy) is 1. The van der Waals surface area contributed by atoms with Crippen LogP contribution < -0.4 is 5.32 Å². The maximum Gasteiger partial charge on any atom is 0.335 e. The minimum Gasteiger partial charge on any atom is -0.478 e. The van der Waals surface area contributed by atoms with Crippen LogP contribution in [0.2, 0.25) is 0 Å². The molecule has 0 radical (unpaired) electrons. The third-order valence-electron chi connectivity index (χ3n) is 16.9. The normalized spacial score (nSPS) is 44.6. The summed E-state index contributed by atoms with van der Waals surface area (Å²) in [6.45, 7) is 30.9. The first-order valence-electron chi connectivity index (χ1n) is 20.0. The SMILES string of the molecule is C=C(/C=C\C(=C/C)C(=O)O)[C@H]1CC[C@@]2(C)C(CC[C@]3(C)C2CC[C@@H]2C4[C@H](C(C)C)CC[C@]4(NCCN4CCOCC4)CC[C@]23C)C1(C)C. The molecule has 270 valence electrons. The summed E-state index contributed by atoms with van der Waals surface area (Å²) in [7, 11) is 0. The quantitative estimate of drug-likeness (QED) is 0.191. The highest BCUT2D eigenvalue weighted by Crippen LogP contribution is 2.77. The molecular weight excluding hydrogens is 592 g/mol. The fraction of sp³-hybridized carbons (Fsp3) is 0.837. The molecule has 0 bridgehead atoms. The Morgan fingerprint density at radius 3 is 2.31 bits per heavy atom. The molecule has 6 rings (SSSR count). The molecule has 0 aromatic carbocycles. The van der Waals surface area contributed by atoms with Crippen molar-refractivity contribution < 1.29 is 14.6 Å². The molecule has 10 atom stereocenters. The molecule has 3 unspecified atom stereocenters. The fourth-order valence-corrected chi connectivity index (χ4v) is 14.3. The molecule has 2 N–H and O–H groups in total. The first-order chi connectivity index (χ1) is 22.6. The van der Waals surface area contributed by atoms with Crippen LogP contribution in [0.4, 0.5) is 0 Å². The number of morpholine rings is 1. The van der Waals surface area contributed by atoms with Gasteiger partial charge in [0, 0.05) is 31.7 Å². The van der Waals surface area contributed by atoms with Crippen molar-refractivity contribution in [3.8, 4) is 0 Å². The second-order valence-corrected chi connectivity index (χ2v) is 19.0. The smallest absolute Gasteiger partial charge is 0.335 e. The Morgan fingerprint density at radius 2 is 1.65 bits per heavy atom. The van der Waals surface area contributed by atoms with E-state index in [1.54, 1.807) is 19.1 Å². The Bertz CT molecular complexity index is 1280. The van der Waals surface area contributed by atoms with E-state index >= 15 is 0 Å². The lowest BCUT2D eigenvalue weighted by atomic mass is 9.32. The predicted octanol–water partition coefficient (Wildman–Crippen LogP) is 9.16. The van der Waals surface area contributed by atoms with Crippen LogP contribution in [0.1, 0.15) is 120 Å². The van der Waals surface area contributed by atoms with Crippen LogP contribution in [0, 0.1) is 63.1 Å². The topological polar surface area (TPSA) is 61.8 Å². The Balaban J connectivity index is 1.23. The van der Waals surface area contributed by atoms with Gasteiger partial charge in [0.25, 0.3) is 0 Å². The average Bonchev–Trinajstić information content (AvgIpc) is 3.42. The number of carboxylic acid groups (broad SMARTS) is 1. The molecule has 1 heterocycles. The van der Waals surface area contributed by atoms with Crippen LogP contribution in [-0.4, -0.2) is 60.9 Å². The Kier molecular flexibility index (Phi) is 10.1. The van der Waals surface area contributed by atoms with Crippen LogP contribution in [0.5, 0.6) is 0 Å².